The van der Waals surface area contributed by atoms with Crippen LogP contribution < -0.4 is 10.4 Å². The predicted octanol–water partition coefficient (Wildman–Crippen LogP) is 13.1. The fourth-order valence-corrected chi connectivity index (χ4v) is 8.97. The molecule has 0 bridgehead atoms. The monoisotopic (exact) mass is 808 g/mol. The number of fused-ring (bicyclic) bond motifs is 4. The minimum Gasteiger partial charge on any atom is -0.489 e. The summed E-state index contributed by atoms with van der Waals surface area (Å²) in [6.45, 7) is 7.60. The lowest BCUT2D eigenvalue weighted by Crippen LogP contribution is -2.23. The van der Waals surface area contributed by atoms with Gasteiger partial charge in [-0.15, -0.1) is 0 Å². The molecule has 62 heavy (non-hydrogen) atoms. The maximum atomic E-state index is 14.5. The van der Waals surface area contributed by atoms with Crippen LogP contribution in [0.5, 0.6) is 5.75 Å². The molecular weight excluding hydrogens is 761 g/mol. The molecule has 6 heteroatoms. The molecule has 0 unspecified atom stereocenters. The van der Waals surface area contributed by atoms with E-state index in [4.69, 9.17) is 9.72 Å². The number of rotatable bonds is 11. The van der Waals surface area contributed by atoms with Gasteiger partial charge in [0.1, 0.15) is 18.2 Å². The van der Waals surface area contributed by atoms with Gasteiger partial charge < -0.3 is 4.74 Å². The highest BCUT2D eigenvalue weighted by atomic mass is 16.5. The lowest BCUT2D eigenvalue weighted by molar-refractivity contribution is 0.306. The normalized spacial score (nSPS) is 11.8. The third kappa shape index (κ3) is 7.28. The van der Waals surface area contributed by atoms with E-state index in [1.54, 1.807) is 0 Å². The zero-order valence-electron chi connectivity index (χ0n) is 35.3. The third-order valence-corrected chi connectivity index (χ3v) is 12.0. The van der Waals surface area contributed by atoms with Gasteiger partial charge in [0.2, 0.25) is 0 Å². The Labute approximate surface area is 362 Å². The Hall–Kier alpha value is -7.44. The molecule has 3 aromatic heterocycles. The molecule has 10 rings (SSSR count). The lowest BCUT2D eigenvalue weighted by atomic mass is 9.88. The minimum atomic E-state index is -0.0497. The van der Waals surface area contributed by atoms with Gasteiger partial charge in [0.15, 0.2) is 0 Å². The number of aromatic nitrogens is 4. The zero-order chi connectivity index (χ0) is 42.2. The van der Waals surface area contributed by atoms with E-state index in [0.29, 0.717) is 13.2 Å². The summed E-state index contributed by atoms with van der Waals surface area (Å²) in [5, 5.41) is 2.31. The van der Waals surface area contributed by atoms with Gasteiger partial charge in [0.25, 0.3) is 0 Å². The summed E-state index contributed by atoms with van der Waals surface area (Å²) in [5.41, 5.74) is 13.0. The van der Waals surface area contributed by atoms with Crippen molar-refractivity contribution in [3.05, 3.63) is 215 Å². The Morgan fingerprint density at radius 3 is 1.94 bits per heavy atom. The molecular formula is C56H48N4O2. The van der Waals surface area contributed by atoms with Gasteiger partial charge >= 0.3 is 5.69 Å². The van der Waals surface area contributed by atoms with Crippen molar-refractivity contribution in [1.29, 1.82) is 0 Å². The second kappa shape index (κ2) is 16.2. The van der Waals surface area contributed by atoms with Crippen LogP contribution >= 0.6 is 0 Å². The van der Waals surface area contributed by atoms with Crippen LogP contribution in [0.1, 0.15) is 43.9 Å². The molecule has 7 aromatic carbocycles. The van der Waals surface area contributed by atoms with E-state index >= 15 is 0 Å². The second-order valence-corrected chi connectivity index (χ2v) is 17.1. The van der Waals surface area contributed by atoms with E-state index in [-0.39, 0.29) is 11.1 Å². The molecule has 0 fully saturated rings. The van der Waals surface area contributed by atoms with Crippen molar-refractivity contribution in [1.82, 2.24) is 18.7 Å². The lowest BCUT2D eigenvalue weighted by Gasteiger charge is -2.20. The fourth-order valence-electron chi connectivity index (χ4n) is 8.97. The third-order valence-electron chi connectivity index (χ3n) is 12.0. The van der Waals surface area contributed by atoms with Crippen LogP contribution in [0.2, 0.25) is 0 Å². The number of imidazole rings is 1. The van der Waals surface area contributed by atoms with Crippen molar-refractivity contribution in [2.24, 2.45) is 0 Å². The van der Waals surface area contributed by atoms with E-state index in [0.717, 1.165) is 63.1 Å². The van der Waals surface area contributed by atoms with Crippen LogP contribution in [-0.4, -0.2) is 18.7 Å². The Morgan fingerprint density at radius 1 is 0.565 bits per heavy atom. The summed E-state index contributed by atoms with van der Waals surface area (Å²) in [6.07, 6.45) is 3.52. The van der Waals surface area contributed by atoms with Gasteiger partial charge in [0.05, 0.1) is 27.8 Å². The summed E-state index contributed by atoms with van der Waals surface area (Å²) < 4.78 is 12.5. The molecule has 0 radical (unpaired) electrons. The average molecular weight is 809 g/mol. The minimum absolute atomic E-state index is 0.0118. The van der Waals surface area contributed by atoms with Crippen molar-refractivity contribution in [3.63, 3.8) is 0 Å². The van der Waals surface area contributed by atoms with Gasteiger partial charge in [-0.05, 0) is 112 Å². The standard InChI is InChI=1S/C56H48N4O2/c1-56(2,3)42-32-33-57-54(36-42)60-50-27-11-10-23-48(50)49-31-30-44(37-53(49)60)62-38-39-17-14-22-43(35-39)59-52-29-13-12-28-51(52)58(55(59)61)34-16-26-47-45(40-18-6-4-7-19-40)24-15-25-46(47)41-20-8-5-9-21-41/h4-15,17-25,27-33,35-37H,16,26,34,38H2,1-3H3. The molecule has 0 saturated heterocycles. The quantitative estimate of drug-likeness (QED) is 0.131. The number of nitrogens with zero attached hydrogens (tertiary/aromatic N) is 4. The van der Waals surface area contributed by atoms with Gasteiger partial charge in [-0.1, -0.05) is 142 Å². The van der Waals surface area contributed by atoms with E-state index < -0.39 is 0 Å². The van der Waals surface area contributed by atoms with E-state index in [1.165, 1.54) is 38.8 Å². The van der Waals surface area contributed by atoms with Crippen molar-refractivity contribution < 1.29 is 4.74 Å². The zero-order valence-corrected chi connectivity index (χ0v) is 35.3. The van der Waals surface area contributed by atoms with Gasteiger partial charge in [-0.25, -0.2) is 9.78 Å². The Balaban J connectivity index is 0.935. The smallest absolute Gasteiger partial charge is 0.333 e. The molecule has 0 amide bonds. The molecule has 0 saturated carbocycles. The van der Waals surface area contributed by atoms with E-state index in [1.807, 2.05) is 51.7 Å². The van der Waals surface area contributed by atoms with Crippen molar-refractivity contribution >= 4 is 32.8 Å². The van der Waals surface area contributed by atoms with Crippen LogP contribution in [0, 0.1) is 0 Å². The van der Waals surface area contributed by atoms with Crippen molar-refractivity contribution in [2.45, 2.75) is 52.2 Å². The van der Waals surface area contributed by atoms with Crippen LogP contribution in [-0.2, 0) is 25.0 Å². The molecule has 0 N–H and O–H groups in total. The Kier molecular flexibility index (Phi) is 10.1. The number of benzene rings is 7. The predicted molar refractivity (Wildman–Crippen MR) is 255 cm³/mol. The maximum Gasteiger partial charge on any atom is 0.333 e. The topological polar surface area (TPSA) is 54.0 Å². The summed E-state index contributed by atoms with van der Waals surface area (Å²) in [6, 6.07) is 63.1. The highest BCUT2D eigenvalue weighted by Crippen LogP contribution is 2.36. The molecule has 0 spiro atoms. The second-order valence-electron chi connectivity index (χ2n) is 17.1. The molecule has 304 valence electrons. The SMILES string of the molecule is CC(C)(C)c1ccnc(-n2c3ccccc3c3ccc(OCc4cccc(-n5c(=O)n(CCCc6c(-c7ccccc7)cccc6-c6ccccc6)c6ccccc65)c4)cc32)c1. The summed E-state index contributed by atoms with van der Waals surface area (Å²) in [7, 11) is 0. The number of ether oxygens (including phenoxy) is 1. The van der Waals surface area contributed by atoms with E-state index in [2.05, 4.69) is 171 Å². The number of hydrogen-bond acceptors (Lipinski definition) is 3. The fraction of sp³-hybridized carbons (Fsp3) is 0.143. The first-order chi connectivity index (χ1) is 30.3. The molecule has 10 aromatic rings. The van der Waals surface area contributed by atoms with E-state index in [9.17, 15) is 4.79 Å². The summed E-state index contributed by atoms with van der Waals surface area (Å²) in [5.74, 6) is 1.64. The van der Waals surface area contributed by atoms with Crippen LogP contribution in [0.15, 0.2) is 193 Å². The van der Waals surface area contributed by atoms with Crippen LogP contribution in [0.3, 0.4) is 0 Å². The number of pyridine rings is 1. The largest absolute Gasteiger partial charge is 0.489 e. The Morgan fingerprint density at radius 2 is 1.21 bits per heavy atom. The highest BCUT2D eigenvalue weighted by molar-refractivity contribution is 6.09. The molecule has 0 aliphatic carbocycles. The average Bonchev–Trinajstić information content (AvgIpc) is 3.79. The number of hydrogen-bond donors (Lipinski definition) is 0. The molecule has 0 aliphatic rings. The highest BCUT2D eigenvalue weighted by Gasteiger charge is 2.20. The van der Waals surface area contributed by atoms with Gasteiger partial charge in [0, 0.05) is 29.6 Å². The first-order valence-corrected chi connectivity index (χ1v) is 21.5. The number of para-hydroxylation sites is 3. The molecule has 0 aliphatic heterocycles. The first kappa shape index (κ1) is 38.7. The van der Waals surface area contributed by atoms with Gasteiger partial charge in [-0.2, -0.15) is 0 Å². The summed E-state index contributed by atoms with van der Waals surface area (Å²) in [4.78, 5) is 19.3. The molecule has 0 atom stereocenters. The molecule has 6 nitrogen and oxygen atoms in total. The van der Waals surface area contributed by atoms with Gasteiger partial charge in [-0.3, -0.25) is 13.7 Å². The van der Waals surface area contributed by atoms with Crippen molar-refractivity contribution in [3.8, 4) is 39.5 Å². The first-order valence-electron chi connectivity index (χ1n) is 21.5. The van der Waals surface area contributed by atoms with Crippen molar-refractivity contribution in [2.75, 3.05) is 0 Å². The molecule has 3 heterocycles. The number of aryl methyl sites for hydroxylation is 1. The van der Waals surface area contributed by atoms with Crippen LogP contribution in [0.25, 0.3) is 66.6 Å². The Bertz CT molecular complexity index is 3220. The van der Waals surface area contributed by atoms with Crippen LogP contribution in [0.4, 0.5) is 0 Å². The maximum absolute atomic E-state index is 14.5. The summed E-state index contributed by atoms with van der Waals surface area (Å²) >= 11 is 0.